The monoisotopic (exact) mass is 142 g/mol. The topological polar surface area (TPSA) is 15.6 Å². The molecule has 2 nitrogen and oxygen atoms in total. The summed E-state index contributed by atoms with van der Waals surface area (Å²) in [4.78, 5) is 2.43. The van der Waals surface area contributed by atoms with Gasteiger partial charge in [0, 0.05) is 13.1 Å². The minimum Gasteiger partial charge on any atom is -0.355 e. The van der Waals surface area contributed by atoms with Crippen molar-refractivity contribution in [3.63, 3.8) is 0 Å². The third-order valence-corrected chi connectivity index (χ3v) is 2.61. The van der Waals surface area contributed by atoms with Crippen LogP contribution < -0.4 is 0 Å². The lowest BCUT2D eigenvalue weighted by molar-refractivity contribution is 0.350. The lowest BCUT2D eigenvalue weighted by Gasteiger charge is -2.23. The van der Waals surface area contributed by atoms with Crippen molar-refractivity contribution in [3.05, 3.63) is 0 Å². The van der Waals surface area contributed by atoms with Gasteiger partial charge in [-0.15, -0.1) is 0 Å². The molecule has 0 aliphatic carbocycles. The van der Waals surface area contributed by atoms with Crippen LogP contribution in [-0.2, 0) is 0 Å². The number of hydrogen-bond donors (Lipinski definition) is 0. The van der Waals surface area contributed by atoms with Crippen LogP contribution in [0.3, 0.4) is 0 Å². The molecule has 1 saturated heterocycles. The van der Waals surface area contributed by atoms with Gasteiger partial charge in [-0.2, -0.15) is 0 Å². The first kappa shape index (κ1) is 5.67. The predicted octanol–water partition coefficient (Wildman–Crippen LogP) is 1.44. The first-order valence-corrected chi connectivity index (χ1v) is 4.50. The number of nitrogens with zero attached hydrogens (tertiary/aromatic N) is 2. The average Bonchev–Trinajstić information content (AvgIpc) is 2.71. The van der Waals surface area contributed by atoms with Gasteiger partial charge in [-0.1, -0.05) is 0 Å². The zero-order valence-corrected chi connectivity index (χ0v) is 6.43. The largest absolute Gasteiger partial charge is 0.355 e. The molecule has 1 fully saturated rings. The Morgan fingerprint density at radius 2 is 1.89 bits per heavy atom. The molecule has 9 heavy (non-hydrogen) atoms. The van der Waals surface area contributed by atoms with Crippen LogP contribution in [0, 0.1) is 0 Å². The van der Waals surface area contributed by atoms with Gasteiger partial charge in [0.1, 0.15) is 5.58 Å². The second-order valence-corrected chi connectivity index (χ2v) is 3.49. The second-order valence-electron chi connectivity index (χ2n) is 2.59. The number of rotatable bonds is 0. The molecular weight excluding hydrogens is 131 g/mol. The lowest BCUT2D eigenvalue weighted by atomic mass is 10.1. The Labute approximate surface area is 57.2 Å². The molecule has 1 atom stereocenters. The molecule has 0 aromatic heterocycles. The molecule has 2 aliphatic heterocycles. The van der Waals surface area contributed by atoms with Crippen molar-refractivity contribution in [2.75, 3.05) is 13.1 Å². The molecule has 0 radical (unpaired) electrons. The molecule has 0 amide bonds. The van der Waals surface area contributed by atoms with Gasteiger partial charge in [0.15, 0.2) is 0 Å². The van der Waals surface area contributed by atoms with Crippen molar-refractivity contribution in [1.29, 1.82) is 0 Å². The van der Waals surface area contributed by atoms with Crippen LogP contribution in [0.25, 0.3) is 0 Å². The summed E-state index contributed by atoms with van der Waals surface area (Å²) >= 11 is 0. The molecule has 2 heterocycles. The summed E-state index contributed by atoms with van der Waals surface area (Å²) in [6.45, 7) is 2.54. The zero-order valence-electron chi connectivity index (χ0n) is 5.43. The van der Waals surface area contributed by atoms with Crippen molar-refractivity contribution in [2.45, 2.75) is 19.3 Å². The fourth-order valence-electron chi connectivity index (χ4n) is 1.27. The Morgan fingerprint density at radius 3 is 2.44 bits per heavy atom. The van der Waals surface area contributed by atoms with Crippen molar-refractivity contribution >= 4 is 14.3 Å². The van der Waals surface area contributed by atoms with Gasteiger partial charge in [0.2, 0.25) is 0 Å². The molecule has 0 bridgehead atoms. The van der Waals surface area contributed by atoms with E-state index in [1.54, 1.807) is 0 Å². The van der Waals surface area contributed by atoms with Crippen LogP contribution in [0.5, 0.6) is 0 Å². The van der Waals surface area contributed by atoms with E-state index in [0.717, 1.165) is 8.73 Å². The summed E-state index contributed by atoms with van der Waals surface area (Å²) < 4.78 is 4.20. The summed E-state index contributed by atoms with van der Waals surface area (Å²) in [5.74, 6) is 0. The fraction of sp³-hybridized carbons (Fsp3) is 0.833. The van der Waals surface area contributed by atoms with E-state index in [0.29, 0.717) is 0 Å². The van der Waals surface area contributed by atoms with Crippen LogP contribution in [0.15, 0.2) is 4.76 Å². The van der Waals surface area contributed by atoms with Gasteiger partial charge in [0.05, 0.1) is 8.73 Å². The van der Waals surface area contributed by atoms with Crippen molar-refractivity contribution < 1.29 is 0 Å². The van der Waals surface area contributed by atoms with Crippen LogP contribution in [-0.4, -0.2) is 23.6 Å². The summed E-state index contributed by atoms with van der Waals surface area (Å²) in [6.07, 6.45) is 4.18. The van der Waals surface area contributed by atoms with Crippen LogP contribution in [0.4, 0.5) is 0 Å². The van der Waals surface area contributed by atoms with E-state index in [4.69, 9.17) is 0 Å². The second kappa shape index (κ2) is 2.26. The maximum atomic E-state index is 4.20. The van der Waals surface area contributed by atoms with Gasteiger partial charge < -0.3 is 4.90 Å². The Hall–Kier alpha value is -0.100. The van der Waals surface area contributed by atoms with Crippen molar-refractivity contribution in [2.24, 2.45) is 4.76 Å². The smallest absolute Gasteiger partial charge is 0.146 e. The quantitative estimate of drug-likeness (QED) is 0.467. The minimum absolute atomic E-state index is 0.823. The molecule has 0 saturated carbocycles. The fourth-order valence-corrected chi connectivity index (χ4v) is 1.83. The Kier molecular flexibility index (Phi) is 1.42. The SMILES string of the molecule is C1CCN(C2=NP2)CC1. The molecule has 50 valence electrons. The van der Waals surface area contributed by atoms with E-state index >= 15 is 0 Å². The highest BCUT2D eigenvalue weighted by atomic mass is 31.1. The highest BCUT2D eigenvalue weighted by molar-refractivity contribution is 7.66. The molecule has 0 aromatic carbocycles. The van der Waals surface area contributed by atoms with Gasteiger partial charge >= 0.3 is 0 Å². The number of hydrogen-bond acceptors (Lipinski definition) is 2. The number of piperidine rings is 1. The maximum absolute atomic E-state index is 4.20. The van der Waals surface area contributed by atoms with E-state index < -0.39 is 0 Å². The first-order chi connectivity index (χ1) is 4.47. The number of amidine groups is 1. The van der Waals surface area contributed by atoms with Gasteiger partial charge in [-0.05, 0) is 19.3 Å². The number of likely N-dealkylation sites (tertiary alicyclic amines) is 1. The Bertz CT molecular complexity index is 138. The highest BCUT2D eigenvalue weighted by Gasteiger charge is 2.20. The third kappa shape index (κ3) is 1.24. The van der Waals surface area contributed by atoms with E-state index in [9.17, 15) is 0 Å². The van der Waals surface area contributed by atoms with Crippen molar-refractivity contribution in [3.8, 4) is 0 Å². The highest BCUT2D eigenvalue weighted by Crippen LogP contribution is 2.34. The third-order valence-electron chi connectivity index (χ3n) is 1.87. The van der Waals surface area contributed by atoms with Crippen molar-refractivity contribution in [1.82, 2.24) is 4.90 Å². The molecule has 2 aliphatic rings. The zero-order chi connectivity index (χ0) is 6.10. The Morgan fingerprint density at radius 1 is 1.22 bits per heavy atom. The van der Waals surface area contributed by atoms with Gasteiger partial charge in [0.25, 0.3) is 0 Å². The van der Waals surface area contributed by atoms with E-state index in [1.807, 2.05) is 0 Å². The summed E-state index contributed by atoms with van der Waals surface area (Å²) in [5.41, 5.74) is 1.38. The minimum atomic E-state index is 0.823. The van der Waals surface area contributed by atoms with E-state index in [2.05, 4.69) is 9.66 Å². The van der Waals surface area contributed by atoms with Crippen LogP contribution in [0.2, 0.25) is 0 Å². The van der Waals surface area contributed by atoms with Gasteiger partial charge in [-0.3, -0.25) is 0 Å². The standard InChI is InChI=1S/C6H11N2P/c1-2-4-8(5-3-1)6-7-9-6/h9H,1-5H2. The normalized spacial score (nSPS) is 28.4. The average molecular weight is 142 g/mol. The molecular formula is C6H11N2P. The molecule has 0 spiro atoms. The molecule has 0 N–H and O–H groups in total. The van der Waals surface area contributed by atoms with Crippen LogP contribution >= 0.6 is 8.73 Å². The molecule has 1 unspecified atom stereocenters. The summed E-state index contributed by atoms with van der Waals surface area (Å²) in [7, 11) is 0.823. The molecule has 2 rings (SSSR count). The Balaban J connectivity index is 1.87. The maximum Gasteiger partial charge on any atom is 0.146 e. The van der Waals surface area contributed by atoms with Gasteiger partial charge in [-0.25, -0.2) is 4.76 Å². The summed E-state index contributed by atoms with van der Waals surface area (Å²) in [6, 6.07) is 0. The molecule has 0 aromatic rings. The lowest BCUT2D eigenvalue weighted by Crippen LogP contribution is -2.29. The molecule has 3 heteroatoms. The first-order valence-electron chi connectivity index (χ1n) is 3.55. The van der Waals surface area contributed by atoms with E-state index in [-0.39, 0.29) is 0 Å². The summed E-state index contributed by atoms with van der Waals surface area (Å²) in [5, 5.41) is 0. The van der Waals surface area contributed by atoms with E-state index in [1.165, 1.54) is 37.9 Å². The van der Waals surface area contributed by atoms with Crippen LogP contribution in [0.1, 0.15) is 19.3 Å². The predicted molar refractivity (Wildman–Crippen MR) is 41.2 cm³/mol.